The van der Waals surface area contributed by atoms with Gasteiger partial charge >= 0.3 is 17.9 Å². The van der Waals surface area contributed by atoms with Crippen LogP contribution in [0.2, 0.25) is 0 Å². The van der Waals surface area contributed by atoms with E-state index in [0.717, 1.165) is 50.8 Å². The summed E-state index contributed by atoms with van der Waals surface area (Å²) >= 11 is 0. The minimum atomic E-state index is -0.383. The van der Waals surface area contributed by atoms with Crippen LogP contribution in [-0.4, -0.2) is 60.3 Å². The fourth-order valence-corrected chi connectivity index (χ4v) is 10.9. The molecule has 5 saturated carbocycles. The Kier molecular flexibility index (Phi) is 4.92. The fraction of sp³-hybridized carbons (Fsp3) is 0.821. The third-order valence-electron chi connectivity index (χ3n) is 11.4. The number of nitrogens with zero attached hydrogens (tertiary/aromatic N) is 1. The molecule has 0 amide bonds. The normalized spacial score (nSPS) is 51.1. The molecule has 0 aromatic heterocycles. The molecule has 11 atom stereocenters. The van der Waals surface area contributed by atoms with Crippen LogP contribution in [0.1, 0.15) is 66.7 Å². The van der Waals surface area contributed by atoms with Crippen molar-refractivity contribution in [1.82, 2.24) is 4.90 Å². The van der Waals surface area contributed by atoms with Crippen LogP contribution in [0.4, 0.5) is 0 Å². The van der Waals surface area contributed by atoms with Gasteiger partial charge in [-0.15, -0.1) is 0 Å². The van der Waals surface area contributed by atoms with Crippen LogP contribution in [0.25, 0.3) is 0 Å². The van der Waals surface area contributed by atoms with Crippen molar-refractivity contribution >= 4 is 17.9 Å². The van der Waals surface area contributed by atoms with E-state index in [1.807, 2.05) is 0 Å². The van der Waals surface area contributed by atoms with Crippen molar-refractivity contribution in [2.45, 2.75) is 91.1 Å². The molecule has 1 heterocycles. The second-order valence-electron chi connectivity index (χ2n) is 12.6. The van der Waals surface area contributed by atoms with Gasteiger partial charge in [0.2, 0.25) is 0 Å². The summed E-state index contributed by atoms with van der Waals surface area (Å²) in [4.78, 5) is 39.6. The molecule has 1 aliphatic heterocycles. The first-order valence-electron chi connectivity index (χ1n) is 13.4. The molecule has 6 fully saturated rings. The van der Waals surface area contributed by atoms with E-state index >= 15 is 0 Å². The summed E-state index contributed by atoms with van der Waals surface area (Å²) in [7, 11) is 0. The van der Waals surface area contributed by atoms with Gasteiger partial charge in [-0.1, -0.05) is 20.4 Å². The molecule has 0 aromatic rings. The van der Waals surface area contributed by atoms with Crippen LogP contribution in [0, 0.1) is 39.9 Å². The van der Waals surface area contributed by atoms with Crippen LogP contribution >= 0.6 is 0 Å². The van der Waals surface area contributed by atoms with E-state index in [1.54, 1.807) is 0 Å². The molecule has 5 aliphatic carbocycles. The highest BCUT2D eigenvalue weighted by molar-refractivity contribution is 5.68. The van der Waals surface area contributed by atoms with Gasteiger partial charge in [0, 0.05) is 50.1 Å². The maximum absolute atomic E-state index is 12.4. The molecule has 1 saturated heterocycles. The summed E-state index contributed by atoms with van der Waals surface area (Å²) in [5.41, 5.74) is 0.571. The molecule has 2 spiro atoms. The van der Waals surface area contributed by atoms with E-state index in [0.29, 0.717) is 11.8 Å². The summed E-state index contributed by atoms with van der Waals surface area (Å²) in [6.07, 6.45) is 3.68. The number of hydrogen-bond donors (Lipinski definition) is 0. The molecular weight excluding hydrogens is 446 g/mol. The summed E-state index contributed by atoms with van der Waals surface area (Å²) < 4.78 is 18.3. The van der Waals surface area contributed by atoms with Gasteiger partial charge < -0.3 is 14.2 Å². The zero-order valence-electron chi connectivity index (χ0n) is 21.7. The molecule has 7 bridgehead atoms. The summed E-state index contributed by atoms with van der Waals surface area (Å²) in [5, 5.41) is 0. The average molecular weight is 486 g/mol. The van der Waals surface area contributed by atoms with Crippen molar-refractivity contribution < 1.29 is 28.6 Å². The highest BCUT2D eigenvalue weighted by atomic mass is 16.6. The predicted octanol–water partition coefficient (Wildman–Crippen LogP) is 3.50. The molecule has 192 valence electrons. The lowest BCUT2D eigenvalue weighted by Crippen LogP contribution is -2.69. The van der Waals surface area contributed by atoms with Crippen LogP contribution < -0.4 is 0 Å². The number of ether oxygens (including phenoxy) is 3. The molecule has 6 aliphatic rings. The molecule has 6 rings (SSSR count). The highest BCUT2D eigenvalue weighted by Gasteiger charge is 2.86. The lowest BCUT2D eigenvalue weighted by molar-refractivity contribution is -0.231. The first-order valence-corrected chi connectivity index (χ1v) is 13.4. The fourth-order valence-electron chi connectivity index (χ4n) is 10.9. The lowest BCUT2D eigenvalue weighted by atomic mass is 9.43. The van der Waals surface area contributed by atoms with Gasteiger partial charge in [-0.2, -0.15) is 0 Å². The maximum atomic E-state index is 12.4. The minimum absolute atomic E-state index is 0.00710. The van der Waals surface area contributed by atoms with E-state index in [2.05, 4.69) is 25.3 Å². The van der Waals surface area contributed by atoms with Crippen LogP contribution in [-0.2, 0) is 28.6 Å². The number of piperidine rings is 1. The minimum Gasteiger partial charge on any atom is -0.462 e. The standard InChI is InChI=1S/C28H39NO6/c1-7-29-13-26(6)9-8-23(34-16(4)31)28-21(26)10-19(24(28)29)27-12-18(14(2)25(27)35-17(5)32)20(11-22(27)28)33-15(3)30/h18-25H,2,7-13H2,1,3-6H3/t18-,19+,20+,21+,22+,23-,24?,25+,26-,27-,28-/m0/s1. The van der Waals surface area contributed by atoms with Gasteiger partial charge in [-0.25, -0.2) is 0 Å². The Morgan fingerprint density at radius 3 is 2.34 bits per heavy atom. The number of esters is 3. The van der Waals surface area contributed by atoms with Crippen LogP contribution in [0.5, 0.6) is 0 Å². The van der Waals surface area contributed by atoms with Gasteiger partial charge in [0.05, 0.1) is 0 Å². The summed E-state index contributed by atoms with van der Waals surface area (Å²) in [6.45, 7) is 15.6. The Morgan fingerprint density at radius 2 is 1.71 bits per heavy atom. The molecule has 0 aromatic carbocycles. The Balaban J connectivity index is 1.57. The van der Waals surface area contributed by atoms with Crippen LogP contribution in [0.15, 0.2) is 12.2 Å². The van der Waals surface area contributed by atoms with E-state index in [4.69, 9.17) is 14.2 Å². The lowest BCUT2D eigenvalue weighted by Gasteiger charge is -2.65. The average Bonchev–Trinajstić information content (AvgIpc) is 3.29. The first kappa shape index (κ1) is 23.5. The molecular formula is C28H39NO6. The Bertz CT molecular complexity index is 1010. The number of carbonyl (C=O) groups excluding carboxylic acids is 3. The summed E-state index contributed by atoms with van der Waals surface area (Å²) in [5.74, 6) is 0.0890. The summed E-state index contributed by atoms with van der Waals surface area (Å²) in [6, 6.07) is 0.265. The molecule has 7 heteroatoms. The van der Waals surface area contributed by atoms with Crippen molar-refractivity contribution in [1.29, 1.82) is 0 Å². The van der Waals surface area contributed by atoms with E-state index in [-0.39, 0.29) is 70.3 Å². The molecule has 0 N–H and O–H groups in total. The second kappa shape index (κ2) is 7.33. The smallest absolute Gasteiger partial charge is 0.303 e. The van der Waals surface area contributed by atoms with E-state index in [1.165, 1.54) is 20.8 Å². The number of likely N-dealkylation sites (tertiary alicyclic amines) is 1. The molecule has 35 heavy (non-hydrogen) atoms. The quantitative estimate of drug-likeness (QED) is 0.342. The van der Waals surface area contributed by atoms with E-state index < -0.39 is 0 Å². The van der Waals surface area contributed by atoms with Crippen molar-refractivity contribution in [2.75, 3.05) is 13.1 Å². The number of hydrogen-bond acceptors (Lipinski definition) is 7. The van der Waals surface area contributed by atoms with Gasteiger partial charge in [-0.3, -0.25) is 19.3 Å². The Hall–Kier alpha value is -1.89. The van der Waals surface area contributed by atoms with Crippen LogP contribution in [0.3, 0.4) is 0 Å². The van der Waals surface area contributed by atoms with Gasteiger partial charge in [-0.05, 0) is 67.4 Å². The Labute approximate surface area is 207 Å². The van der Waals surface area contributed by atoms with E-state index in [9.17, 15) is 14.4 Å². The van der Waals surface area contributed by atoms with Crippen molar-refractivity contribution in [2.24, 2.45) is 39.9 Å². The SMILES string of the molecule is C=C1[C@@H](OC(C)=O)[C@]23C[C@@H]1[C@H](OC(C)=O)C[C@H]2[C@@]12C4[C@H]3C[C@@H]1[C@@](C)(CC[C@@H]2OC(C)=O)CN4CC. The van der Waals surface area contributed by atoms with Crippen molar-refractivity contribution in [3.05, 3.63) is 12.2 Å². The predicted molar refractivity (Wildman–Crippen MR) is 127 cm³/mol. The van der Waals surface area contributed by atoms with Gasteiger partial charge in [0.1, 0.15) is 18.3 Å². The molecule has 0 radical (unpaired) electrons. The maximum Gasteiger partial charge on any atom is 0.303 e. The third kappa shape index (κ3) is 2.69. The largest absolute Gasteiger partial charge is 0.462 e. The topological polar surface area (TPSA) is 82.1 Å². The number of carbonyl (C=O) groups is 3. The van der Waals surface area contributed by atoms with Gasteiger partial charge in [0.15, 0.2) is 0 Å². The van der Waals surface area contributed by atoms with Crippen molar-refractivity contribution in [3.63, 3.8) is 0 Å². The van der Waals surface area contributed by atoms with Gasteiger partial charge in [0.25, 0.3) is 0 Å². The second-order valence-corrected chi connectivity index (χ2v) is 12.6. The van der Waals surface area contributed by atoms with Crippen molar-refractivity contribution in [3.8, 4) is 0 Å². The highest BCUT2D eigenvalue weighted by Crippen LogP contribution is 2.84. The monoisotopic (exact) mass is 485 g/mol. The first-order chi connectivity index (χ1) is 16.5. The number of rotatable bonds is 4. The third-order valence-corrected chi connectivity index (χ3v) is 11.4. The molecule has 1 unspecified atom stereocenters. The Morgan fingerprint density at radius 1 is 1.03 bits per heavy atom. The zero-order valence-corrected chi connectivity index (χ0v) is 21.7. The number of fused-ring (bicyclic) bond motifs is 1. The molecule has 7 nitrogen and oxygen atoms in total. The zero-order chi connectivity index (χ0) is 25.1.